The summed E-state index contributed by atoms with van der Waals surface area (Å²) in [6.07, 6.45) is 10.6. The van der Waals surface area contributed by atoms with Crippen LogP contribution in [0.2, 0.25) is 0 Å². The molecule has 2 heteroatoms. The number of hydrogen-bond donors (Lipinski definition) is 0. The molecule has 1 saturated carbocycles. The Balaban J connectivity index is 0.989. The second-order valence-electron chi connectivity index (χ2n) is 21.9. The SMILES string of the molecule is Cc1ccc(C(=CN(c2ccc(-c3ccc(C)cc3)cc2)c2ccc(C3(c4ccc(N(C=C(c5ccc(C)cc5)c5ccc(C)cc5)c5ccc(-c6ccc(C)cc6)cc5)cc4)CCCCC3)cc2)c2ccc(C)cc2)cc1. The van der Waals surface area contributed by atoms with Gasteiger partial charge in [0, 0.05) is 51.7 Å². The minimum Gasteiger partial charge on any atom is -0.317 e. The quantitative estimate of drug-likeness (QED) is 0.107. The van der Waals surface area contributed by atoms with Crippen molar-refractivity contribution in [1.82, 2.24) is 0 Å². The summed E-state index contributed by atoms with van der Waals surface area (Å²) >= 11 is 0. The Morgan fingerprint density at radius 3 is 0.744 bits per heavy atom. The summed E-state index contributed by atoms with van der Waals surface area (Å²) in [7, 11) is 0. The van der Waals surface area contributed by atoms with Gasteiger partial charge >= 0.3 is 0 Å². The van der Waals surface area contributed by atoms with E-state index in [0.29, 0.717) is 0 Å². The van der Waals surface area contributed by atoms with Crippen molar-refractivity contribution in [2.24, 2.45) is 0 Å². The van der Waals surface area contributed by atoms with Crippen LogP contribution in [0.4, 0.5) is 22.7 Å². The fourth-order valence-corrected chi connectivity index (χ4v) is 11.3. The molecule has 0 amide bonds. The number of aryl methyl sites for hydroxylation is 6. The molecule has 10 aromatic carbocycles. The van der Waals surface area contributed by atoms with E-state index < -0.39 is 0 Å². The molecule has 0 radical (unpaired) electrons. The van der Waals surface area contributed by atoms with Crippen LogP contribution in [0, 0.1) is 41.5 Å². The molecule has 0 unspecified atom stereocenters. The van der Waals surface area contributed by atoms with Crippen molar-refractivity contribution >= 4 is 33.9 Å². The average molecular weight is 1010 g/mol. The number of nitrogens with zero attached hydrogens (tertiary/aromatic N) is 2. The summed E-state index contributed by atoms with van der Waals surface area (Å²) in [5, 5.41) is 0. The Hall–Kier alpha value is -8.72. The van der Waals surface area contributed by atoms with E-state index in [2.05, 4.69) is 306 Å². The third-order valence-electron chi connectivity index (χ3n) is 16.1. The molecule has 0 atom stereocenters. The van der Waals surface area contributed by atoms with Crippen LogP contribution in [-0.4, -0.2) is 0 Å². The summed E-state index contributed by atoms with van der Waals surface area (Å²) in [5.74, 6) is 0. The maximum atomic E-state index is 2.42. The number of anilines is 4. The predicted molar refractivity (Wildman–Crippen MR) is 333 cm³/mol. The molecule has 11 rings (SSSR count). The first-order chi connectivity index (χ1) is 38.0. The lowest BCUT2D eigenvalue weighted by molar-refractivity contribution is 0.346. The average Bonchev–Trinajstić information content (AvgIpc) is 3.52. The lowest BCUT2D eigenvalue weighted by atomic mass is 9.65. The van der Waals surface area contributed by atoms with Gasteiger partial charge in [0.15, 0.2) is 0 Å². The molecule has 1 aliphatic carbocycles. The zero-order valence-corrected chi connectivity index (χ0v) is 46.2. The van der Waals surface area contributed by atoms with Crippen molar-refractivity contribution in [3.63, 3.8) is 0 Å². The van der Waals surface area contributed by atoms with Gasteiger partial charge in [-0.15, -0.1) is 0 Å². The van der Waals surface area contributed by atoms with Gasteiger partial charge in [-0.1, -0.05) is 247 Å². The fourth-order valence-electron chi connectivity index (χ4n) is 11.3. The highest BCUT2D eigenvalue weighted by molar-refractivity contribution is 5.86. The molecule has 0 spiro atoms. The van der Waals surface area contributed by atoms with Crippen molar-refractivity contribution < 1.29 is 0 Å². The largest absolute Gasteiger partial charge is 0.317 e. The van der Waals surface area contributed by atoms with E-state index in [1.807, 2.05) is 0 Å². The van der Waals surface area contributed by atoms with E-state index in [0.717, 1.165) is 35.6 Å². The summed E-state index contributed by atoms with van der Waals surface area (Å²) in [5.41, 5.74) is 26.5. The van der Waals surface area contributed by atoms with Crippen LogP contribution in [0.3, 0.4) is 0 Å². The summed E-state index contributed by atoms with van der Waals surface area (Å²) < 4.78 is 0. The molecule has 0 heterocycles. The van der Waals surface area contributed by atoms with Crippen LogP contribution in [0.5, 0.6) is 0 Å². The molecule has 10 aromatic rings. The Bertz CT molecular complexity index is 3310. The predicted octanol–water partition coefficient (Wildman–Crippen LogP) is 20.6. The van der Waals surface area contributed by atoms with Gasteiger partial charge in [-0.2, -0.15) is 0 Å². The highest BCUT2D eigenvalue weighted by Gasteiger charge is 2.36. The van der Waals surface area contributed by atoms with Gasteiger partial charge in [-0.3, -0.25) is 0 Å². The standard InChI is InChI=1S/C76H70N2/c1-54-10-22-60(23-11-54)62-34-42-70(43-35-62)77(52-74(64-26-14-56(3)15-27-64)65-28-16-57(4)17-29-65)72-46-38-68(39-47-72)76(50-8-7-9-51-76)69-40-48-73(49-41-69)78(71-44-36-63(37-45-71)61-24-12-55(2)13-25-61)53-75(66-30-18-58(5)19-31-66)67-32-20-59(6)21-33-67/h10-49,52-53H,7-9,50-51H2,1-6H3. The van der Waals surface area contributed by atoms with Gasteiger partial charge < -0.3 is 9.80 Å². The summed E-state index contributed by atoms with van der Waals surface area (Å²) in [6, 6.07) is 90.7. The second kappa shape index (κ2) is 22.9. The molecule has 0 bridgehead atoms. The van der Waals surface area contributed by atoms with Crippen LogP contribution in [0.1, 0.15) is 98.9 Å². The molecule has 78 heavy (non-hydrogen) atoms. The Labute approximate surface area is 464 Å². The summed E-state index contributed by atoms with van der Waals surface area (Å²) in [4.78, 5) is 4.77. The molecule has 384 valence electrons. The third kappa shape index (κ3) is 11.4. The molecular weight excluding hydrogens is 941 g/mol. The van der Waals surface area contributed by atoms with E-state index in [-0.39, 0.29) is 5.41 Å². The topological polar surface area (TPSA) is 6.48 Å². The zero-order valence-electron chi connectivity index (χ0n) is 46.2. The summed E-state index contributed by atoms with van der Waals surface area (Å²) in [6.45, 7) is 12.9. The van der Waals surface area contributed by atoms with Gasteiger partial charge in [-0.25, -0.2) is 0 Å². The Morgan fingerprint density at radius 2 is 0.487 bits per heavy atom. The molecule has 0 aromatic heterocycles. The van der Waals surface area contributed by atoms with E-state index in [1.54, 1.807) is 0 Å². The third-order valence-corrected chi connectivity index (χ3v) is 16.1. The number of hydrogen-bond acceptors (Lipinski definition) is 2. The molecular formula is C76H70N2. The first kappa shape index (κ1) is 51.4. The molecule has 0 N–H and O–H groups in total. The van der Waals surface area contributed by atoms with Crippen LogP contribution in [-0.2, 0) is 5.41 Å². The second-order valence-corrected chi connectivity index (χ2v) is 21.9. The zero-order chi connectivity index (χ0) is 53.6. The van der Waals surface area contributed by atoms with Gasteiger partial charge in [0.2, 0.25) is 0 Å². The van der Waals surface area contributed by atoms with Gasteiger partial charge in [0.25, 0.3) is 0 Å². The molecule has 1 aliphatic rings. The van der Waals surface area contributed by atoms with E-state index in [9.17, 15) is 0 Å². The Morgan fingerprint density at radius 1 is 0.269 bits per heavy atom. The van der Waals surface area contributed by atoms with Crippen LogP contribution >= 0.6 is 0 Å². The van der Waals surface area contributed by atoms with E-state index in [4.69, 9.17) is 0 Å². The van der Waals surface area contributed by atoms with Gasteiger partial charge in [0.1, 0.15) is 0 Å². The highest BCUT2D eigenvalue weighted by Crippen LogP contribution is 2.47. The normalized spacial score (nSPS) is 12.8. The first-order valence-corrected chi connectivity index (χ1v) is 27.9. The van der Waals surface area contributed by atoms with Crippen molar-refractivity contribution in [1.29, 1.82) is 0 Å². The molecule has 1 fully saturated rings. The molecule has 2 nitrogen and oxygen atoms in total. The Kier molecular flexibility index (Phi) is 15.1. The van der Waals surface area contributed by atoms with Crippen LogP contribution in [0.15, 0.2) is 255 Å². The fraction of sp³-hybridized carbons (Fsp3) is 0.158. The van der Waals surface area contributed by atoms with Crippen molar-refractivity contribution in [3.8, 4) is 22.3 Å². The van der Waals surface area contributed by atoms with E-state index >= 15 is 0 Å². The number of rotatable bonds is 14. The van der Waals surface area contributed by atoms with E-state index in [1.165, 1.54) is 119 Å². The first-order valence-electron chi connectivity index (χ1n) is 27.9. The minimum atomic E-state index is -0.119. The maximum Gasteiger partial charge on any atom is 0.0456 e. The van der Waals surface area contributed by atoms with Crippen LogP contribution in [0.25, 0.3) is 33.4 Å². The molecule has 0 aliphatic heterocycles. The smallest absolute Gasteiger partial charge is 0.0456 e. The lowest BCUT2D eigenvalue weighted by Crippen LogP contribution is -2.30. The molecule has 0 saturated heterocycles. The highest BCUT2D eigenvalue weighted by atomic mass is 15.1. The van der Waals surface area contributed by atoms with Crippen molar-refractivity contribution in [2.75, 3.05) is 9.80 Å². The monoisotopic (exact) mass is 1010 g/mol. The maximum absolute atomic E-state index is 2.42. The van der Waals surface area contributed by atoms with Gasteiger partial charge in [-0.05, 0) is 159 Å². The lowest BCUT2D eigenvalue weighted by Gasteiger charge is -2.39. The number of benzene rings is 10. The van der Waals surface area contributed by atoms with Crippen LogP contribution < -0.4 is 9.80 Å². The van der Waals surface area contributed by atoms with Crippen molar-refractivity contribution in [3.05, 3.63) is 322 Å². The minimum absolute atomic E-state index is 0.119. The van der Waals surface area contributed by atoms with Gasteiger partial charge in [0.05, 0.1) is 0 Å². The van der Waals surface area contributed by atoms with Crippen molar-refractivity contribution in [2.45, 2.75) is 79.1 Å².